The number of ether oxygens (including phenoxy) is 1. The van der Waals surface area contributed by atoms with E-state index < -0.39 is 0 Å². The van der Waals surface area contributed by atoms with Crippen molar-refractivity contribution in [1.29, 1.82) is 0 Å². The highest BCUT2D eigenvalue weighted by Gasteiger charge is 2.25. The summed E-state index contributed by atoms with van der Waals surface area (Å²) in [5.41, 5.74) is 0. The summed E-state index contributed by atoms with van der Waals surface area (Å²) in [6, 6.07) is 0. The summed E-state index contributed by atoms with van der Waals surface area (Å²) in [5, 5.41) is 0. The van der Waals surface area contributed by atoms with Crippen LogP contribution in [0.4, 0.5) is 0 Å². The van der Waals surface area contributed by atoms with Crippen molar-refractivity contribution >= 4 is 18.4 Å². The molecule has 4 nitrogen and oxygen atoms in total. The van der Waals surface area contributed by atoms with Crippen LogP contribution in [0.15, 0.2) is 0 Å². The van der Waals surface area contributed by atoms with Crippen molar-refractivity contribution in [3.05, 3.63) is 0 Å². The summed E-state index contributed by atoms with van der Waals surface area (Å²) in [6.07, 6.45) is 3.76. The number of ketones is 1. The number of hydrogen-bond acceptors (Lipinski definition) is 5. The average Bonchev–Trinajstić information content (AvgIpc) is 2.94. The van der Waals surface area contributed by atoms with Gasteiger partial charge in [-0.3, -0.25) is 14.6 Å². The van der Waals surface area contributed by atoms with E-state index in [-0.39, 0.29) is 5.92 Å². The van der Waals surface area contributed by atoms with Crippen LogP contribution < -0.4 is 0 Å². The molecule has 0 N–H and O–H groups in total. The number of nitrogens with zero attached hydrogens (tertiary/aromatic N) is 2. The van der Waals surface area contributed by atoms with Gasteiger partial charge in [-0.1, -0.05) is 13.8 Å². The standard InChI is InChI=1S/C16H30N2O2S/c1-13(2)16(19)10-17-7-4-15(5-8-17)20-11-14-3-6-18(9-14)12-21/h13-15,21H,3-12H2,1-2H3. The molecule has 2 rings (SSSR count). The molecule has 0 saturated carbocycles. The molecule has 1 unspecified atom stereocenters. The quantitative estimate of drug-likeness (QED) is 0.728. The van der Waals surface area contributed by atoms with Gasteiger partial charge >= 0.3 is 0 Å². The fourth-order valence-corrected chi connectivity index (χ4v) is 3.34. The van der Waals surface area contributed by atoms with Crippen LogP contribution >= 0.6 is 12.6 Å². The number of thiol groups is 1. The molecule has 2 aliphatic heterocycles. The van der Waals surface area contributed by atoms with E-state index in [0.29, 0.717) is 24.3 Å². The van der Waals surface area contributed by atoms with Gasteiger partial charge in [0.25, 0.3) is 0 Å². The Hall–Kier alpha value is -0.100. The van der Waals surface area contributed by atoms with Gasteiger partial charge in [0.05, 0.1) is 19.3 Å². The number of carbonyl (C=O) groups is 1. The van der Waals surface area contributed by atoms with Crippen molar-refractivity contribution in [3.8, 4) is 0 Å². The fraction of sp³-hybridized carbons (Fsp3) is 0.938. The van der Waals surface area contributed by atoms with Gasteiger partial charge in [0.1, 0.15) is 5.78 Å². The number of Topliss-reactive ketones (excluding diaryl/α,β-unsaturated/α-hetero) is 1. The molecule has 1 atom stereocenters. The highest BCUT2D eigenvalue weighted by atomic mass is 32.1. The average molecular weight is 314 g/mol. The van der Waals surface area contributed by atoms with Gasteiger partial charge in [0.2, 0.25) is 0 Å². The SMILES string of the molecule is CC(C)C(=O)CN1CCC(OCC2CCN(CS)C2)CC1. The Labute approximate surface area is 134 Å². The van der Waals surface area contributed by atoms with Gasteiger partial charge in [-0.15, -0.1) is 0 Å². The lowest BCUT2D eigenvalue weighted by atomic mass is 10.0. The normalized spacial score (nSPS) is 25.8. The van der Waals surface area contributed by atoms with E-state index in [4.69, 9.17) is 4.74 Å². The monoisotopic (exact) mass is 314 g/mol. The third-order valence-electron chi connectivity index (χ3n) is 4.70. The smallest absolute Gasteiger partial charge is 0.149 e. The van der Waals surface area contributed by atoms with Crippen molar-refractivity contribution in [1.82, 2.24) is 9.80 Å². The first-order valence-corrected chi connectivity index (χ1v) is 8.91. The minimum Gasteiger partial charge on any atom is -0.378 e. The first kappa shape index (κ1) is 17.3. The lowest BCUT2D eigenvalue weighted by molar-refractivity contribution is -0.123. The molecule has 0 aliphatic carbocycles. The molecule has 0 bridgehead atoms. The molecule has 21 heavy (non-hydrogen) atoms. The summed E-state index contributed by atoms with van der Waals surface area (Å²) in [7, 11) is 0. The highest BCUT2D eigenvalue weighted by Crippen LogP contribution is 2.20. The maximum absolute atomic E-state index is 11.8. The Morgan fingerprint density at radius 1 is 1.19 bits per heavy atom. The van der Waals surface area contributed by atoms with Gasteiger partial charge in [0.15, 0.2) is 0 Å². The van der Waals surface area contributed by atoms with Crippen LogP contribution in [0.2, 0.25) is 0 Å². The Morgan fingerprint density at radius 3 is 2.43 bits per heavy atom. The molecule has 5 heteroatoms. The van der Waals surface area contributed by atoms with Crippen LogP contribution in [0.25, 0.3) is 0 Å². The second kappa shape index (κ2) is 8.51. The molecule has 2 fully saturated rings. The summed E-state index contributed by atoms with van der Waals surface area (Å²) in [5.74, 6) is 2.04. The minimum atomic E-state index is 0.149. The fourth-order valence-electron chi connectivity index (χ4n) is 3.09. The van der Waals surface area contributed by atoms with E-state index in [2.05, 4.69) is 22.4 Å². The van der Waals surface area contributed by atoms with Crippen LogP contribution in [0.3, 0.4) is 0 Å². The third kappa shape index (κ3) is 5.55. The first-order chi connectivity index (χ1) is 10.1. The molecular weight excluding hydrogens is 284 g/mol. The van der Waals surface area contributed by atoms with Crippen molar-refractivity contribution in [3.63, 3.8) is 0 Å². The molecule has 0 aromatic rings. The number of hydrogen-bond donors (Lipinski definition) is 1. The van der Waals surface area contributed by atoms with Gasteiger partial charge < -0.3 is 4.74 Å². The van der Waals surface area contributed by atoms with Crippen LogP contribution in [0.5, 0.6) is 0 Å². The molecule has 0 aromatic heterocycles. The second-order valence-electron chi connectivity index (χ2n) is 6.80. The predicted molar refractivity (Wildman–Crippen MR) is 88.8 cm³/mol. The molecule has 2 saturated heterocycles. The summed E-state index contributed by atoms with van der Waals surface area (Å²) < 4.78 is 6.10. The number of carbonyl (C=O) groups excluding carboxylic acids is 1. The molecule has 0 aromatic carbocycles. The molecule has 2 heterocycles. The Kier molecular flexibility index (Phi) is 6.99. The van der Waals surface area contributed by atoms with Gasteiger partial charge in [0, 0.05) is 31.4 Å². The van der Waals surface area contributed by atoms with E-state index in [1.54, 1.807) is 0 Å². The summed E-state index contributed by atoms with van der Waals surface area (Å²) in [4.78, 5) is 16.4. The van der Waals surface area contributed by atoms with Crippen molar-refractivity contribution in [2.75, 3.05) is 45.2 Å². The van der Waals surface area contributed by atoms with Crippen LogP contribution in [0.1, 0.15) is 33.1 Å². The lowest BCUT2D eigenvalue weighted by Crippen LogP contribution is -2.41. The minimum absolute atomic E-state index is 0.149. The molecule has 0 amide bonds. The summed E-state index contributed by atoms with van der Waals surface area (Å²) in [6.45, 7) is 9.75. The number of piperidine rings is 1. The van der Waals surface area contributed by atoms with E-state index in [1.807, 2.05) is 13.8 Å². The Balaban J connectivity index is 1.60. The number of likely N-dealkylation sites (tertiary alicyclic amines) is 2. The lowest BCUT2D eigenvalue weighted by Gasteiger charge is -2.32. The molecule has 2 aliphatic rings. The van der Waals surface area contributed by atoms with Gasteiger partial charge in [-0.05, 0) is 31.7 Å². The topological polar surface area (TPSA) is 32.8 Å². The Morgan fingerprint density at radius 2 is 1.86 bits per heavy atom. The zero-order valence-electron chi connectivity index (χ0n) is 13.5. The van der Waals surface area contributed by atoms with E-state index in [0.717, 1.165) is 51.5 Å². The van der Waals surface area contributed by atoms with E-state index in [1.165, 1.54) is 6.42 Å². The summed E-state index contributed by atoms with van der Waals surface area (Å²) >= 11 is 4.33. The van der Waals surface area contributed by atoms with Crippen LogP contribution in [-0.2, 0) is 9.53 Å². The van der Waals surface area contributed by atoms with Crippen LogP contribution in [-0.4, -0.2) is 66.9 Å². The molecular formula is C16H30N2O2S. The first-order valence-electron chi connectivity index (χ1n) is 8.28. The molecule has 0 radical (unpaired) electrons. The maximum atomic E-state index is 11.8. The second-order valence-corrected chi connectivity index (χ2v) is 7.09. The highest BCUT2D eigenvalue weighted by molar-refractivity contribution is 7.80. The molecule has 0 spiro atoms. The van der Waals surface area contributed by atoms with Crippen molar-refractivity contribution in [2.24, 2.45) is 11.8 Å². The zero-order valence-corrected chi connectivity index (χ0v) is 14.4. The Bertz CT molecular complexity index is 330. The van der Waals surface area contributed by atoms with E-state index >= 15 is 0 Å². The molecule has 122 valence electrons. The van der Waals surface area contributed by atoms with Crippen molar-refractivity contribution in [2.45, 2.75) is 39.2 Å². The van der Waals surface area contributed by atoms with Gasteiger partial charge in [-0.25, -0.2) is 0 Å². The van der Waals surface area contributed by atoms with Gasteiger partial charge in [-0.2, -0.15) is 12.6 Å². The van der Waals surface area contributed by atoms with E-state index in [9.17, 15) is 4.79 Å². The zero-order chi connectivity index (χ0) is 15.2. The largest absolute Gasteiger partial charge is 0.378 e. The number of rotatable bonds is 7. The third-order valence-corrected chi connectivity index (χ3v) is 5.10. The van der Waals surface area contributed by atoms with Crippen molar-refractivity contribution < 1.29 is 9.53 Å². The maximum Gasteiger partial charge on any atom is 0.149 e. The predicted octanol–water partition coefficient (Wildman–Crippen LogP) is 1.90. The van der Waals surface area contributed by atoms with Crippen LogP contribution in [0, 0.1) is 11.8 Å².